The minimum atomic E-state index is -3.25. The maximum atomic E-state index is 14.9. The van der Waals surface area contributed by atoms with Crippen LogP contribution in [0, 0.1) is 16.9 Å². The van der Waals surface area contributed by atoms with Gasteiger partial charge in [-0.2, -0.15) is 13.5 Å². The molecule has 1 heterocycles. The number of ether oxygens (including phenoxy) is 1. The number of hydrogen-bond donors (Lipinski definition) is 3. The number of aromatic carboxylic acids is 1. The van der Waals surface area contributed by atoms with Crippen LogP contribution in [0.2, 0.25) is 5.02 Å². The van der Waals surface area contributed by atoms with E-state index in [1.54, 1.807) is 6.92 Å². The van der Waals surface area contributed by atoms with Crippen molar-refractivity contribution >= 4 is 29.2 Å². The second-order valence-electron chi connectivity index (χ2n) is 10.4. The van der Waals surface area contributed by atoms with Crippen molar-refractivity contribution < 1.29 is 42.4 Å². The minimum absolute atomic E-state index is 0.0106. The van der Waals surface area contributed by atoms with Gasteiger partial charge in [0.1, 0.15) is 11.7 Å². The molecule has 1 fully saturated rings. The van der Waals surface area contributed by atoms with Gasteiger partial charge in [0.05, 0.1) is 27.3 Å². The number of benzene rings is 2. The summed E-state index contributed by atoms with van der Waals surface area (Å²) >= 11 is 5.86. The number of nitrogens with one attached hydrogen (secondary N) is 1. The Bertz CT molecular complexity index is 1420. The minimum Gasteiger partial charge on any atom is -0.618 e. The lowest BCUT2D eigenvalue weighted by molar-refractivity contribution is -0.614. The zero-order chi connectivity index (χ0) is 29.9. The van der Waals surface area contributed by atoms with Crippen molar-refractivity contribution in [1.29, 1.82) is 0 Å². The quantitative estimate of drug-likeness (QED) is 0.203. The van der Waals surface area contributed by atoms with E-state index in [0.29, 0.717) is 36.1 Å². The van der Waals surface area contributed by atoms with Crippen LogP contribution in [-0.2, 0) is 4.79 Å². The van der Waals surface area contributed by atoms with E-state index in [2.05, 4.69) is 10.1 Å². The van der Waals surface area contributed by atoms with Crippen molar-refractivity contribution in [3.63, 3.8) is 0 Å². The van der Waals surface area contributed by atoms with Crippen molar-refractivity contribution in [1.82, 2.24) is 0 Å². The molecule has 41 heavy (non-hydrogen) atoms. The number of anilines is 1. The third kappa shape index (κ3) is 7.28. The molecule has 0 bridgehead atoms. The van der Waals surface area contributed by atoms with Crippen LogP contribution in [0.25, 0.3) is 11.1 Å². The highest BCUT2D eigenvalue weighted by Gasteiger charge is 2.35. The van der Waals surface area contributed by atoms with E-state index in [-0.39, 0.29) is 34.2 Å². The average molecular weight is 593 g/mol. The molecule has 0 aliphatic heterocycles. The number of carboxylic acids is 1. The molecule has 1 amide bonds. The number of pyridine rings is 1. The number of aliphatic hydroxyl groups is 1. The van der Waals surface area contributed by atoms with E-state index < -0.39 is 47.1 Å². The van der Waals surface area contributed by atoms with Gasteiger partial charge in [-0.05, 0) is 87.4 Å². The van der Waals surface area contributed by atoms with Crippen LogP contribution < -0.4 is 14.8 Å². The maximum Gasteiger partial charge on any atom is 0.387 e. The molecule has 12 heteroatoms. The standard InChI is InChI=1S/C29H28ClF3N2O6/c1-29(39)12-10-16(11-13-29)14-20(26(36)34-19-5-2-17(3-6-19)27(37)38)22-8-4-18(15-35(22)40)24-23(41-28(32)33)9-7-21(30)25(24)31/h2-9,15-16,20,28,39H,10-14H2,1H3,(H,34,36)(H,37,38)/t16-,20?,29+. The lowest BCUT2D eigenvalue weighted by Crippen LogP contribution is -2.39. The van der Waals surface area contributed by atoms with E-state index in [1.165, 1.54) is 36.4 Å². The summed E-state index contributed by atoms with van der Waals surface area (Å²) in [5.74, 6) is -4.18. The molecule has 218 valence electrons. The largest absolute Gasteiger partial charge is 0.618 e. The summed E-state index contributed by atoms with van der Waals surface area (Å²) < 4.78 is 45.7. The summed E-state index contributed by atoms with van der Waals surface area (Å²) in [4.78, 5) is 24.7. The second-order valence-corrected chi connectivity index (χ2v) is 10.8. The Morgan fingerprint density at radius 2 is 1.80 bits per heavy atom. The third-order valence-corrected chi connectivity index (χ3v) is 7.62. The first-order chi connectivity index (χ1) is 19.3. The van der Waals surface area contributed by atoms with E-state index in [0.717, 1.165) is 18.3 Å². The molecule has 2 aromatic carbocycles. The number of aromatic nitrogens is 1. The number of carbonyl (C=O) groups is 2. The fourth-order valence-electron chi connectivity index (χ4n) is 5.06. The van der Waals surface area contributed by atoms with Crippen molar-refractivity contribution in [2.75, 3.05) is 5.32 Å². The van der Waals surface area contributed by atoms with Gasteiger partial charge in [0, 0.05) is 11.8 Å². The first-order valence-corrected chi connectivity index (χ1v) is 13.3. The van der Waals surface area contributed by atoms with Gasteiger partial charge >= 0.3 is 12.6 Å². The lowest BCUT2D eigenvalue weighted by atomic mass is 9.75. The van der Waals surface area contributed by atoms with Crippen molar-refractivity contribution in [2.45, 2.75) is 57.2 Å². The smallest absolute Gasteiger partial charge is 0.387 e. The number of halogens is 4. The molecular weight excluding hydrogens is 565 g/mol. The normalized spacial score (nSPS) is 19.5. The number of alkyl halides is 2. The van der Waals surface area contributed by atoms with Gasteiger partial charge in [-0.15, -0.1) is 0 Å². The molecule has 3 aromatic rings. The summed E-state index contributed by atoms with van der Waals surface area (Å²) in [6, 6.07) is 10.3. The van der Waals surface area contributed by atoms with Gasteiger partial charge in [-0.25, -0.2) is 9.18 Å². The van der Waals surface area contributed by atoms with Crippen LogP contribution in [0.1, 0.15) is 61.0 Å². The molecule has 1 aromatic heterocycles. The Hall–Kier alpha value is -3.83. The van der Waals surface area contributed by atoms with Crippen LogP contribution >= 0.6 is 11.6 Å². The molecule has 0 radical (unpaired) electrons. The second kappa shape index (κ2) is 12.4. The molecule has 0 spiro atoms. The molecule has 1 atom stereocenters. The average Bonchev–Trinajstić information content (AvgIpc) is 2.90. The predicted octanol–water partition coefficient (Wildman–Crippen LogP) is 6.13. The molecular formula is C29H28ClF3N2O6. The number of hydrogen-bond acceptors (Lipinski definition) is 5. The highest BCUT2D eigenvalue weighted by atomic mass is 35.5. The lowest BCUT2D eigenvalue weighted by Gasteiger charge is -2.34. The summed E-state index contributed by atoms with van der Waals surface area (Å²) in [6.07, 6.45) is 3.55. The monoisotopic (exact) mass is 592 g/mol. The number of carboxylic acid groups (broad SMARTS) is 1. The van der Waals surface area contributed by atoms with Crippen molar-refractivity contribution in [3.05, 3.63) is 82.0 Å². The fraction of sp³-hybridized carbons (Fsp3) is 0.345. The number of nitrogens with zero attached hydrogens (tertiary/aromatic N) is 1. The summed E-state index contributed by atoms with van der Waals surface area (Å²) in [6.45, 7) is -1.50. The zero-order valence-corrected chi connectivity index (χ0v) is 22.7. The Balaban J connectivity index is 1.68. The summed E-state index contributed by atoms with van der Waals surface area (Å²) in [7, 11) is 0. The van der Waals surface area contributed by atoms with Gasteiger partial charge < -0.3 is 25.5 Å². The molecule has 1 aliphatic carbocycles. The predicted molar refractivity (Wildman–Crippen MR) is 144 cm³/mol. The van der Waals surface area contributed by atoms with Crippen LogP contribution in [-0.4, -0.2) is 34.3 Å². The number of rotatable bonds is 9. The molecule has 3 N–H and O–H groups in total. The Morgan fingerprint density at radius 1 is 1.15 bits per heavy atom. The van der Waals surface area contributed by atoms with Gasteiger partial charge in [0.25, 0.3) is 0 Å². The Morgan fingerprint density at radius 3 is 2.39 bits per heavy atom. The van der Waals surface area contributed by atoms with Gasteiger partial charge in [-0.1, -0.05) is 11.6 Å². The zero-order valence-electron chi connectivity index (χ0n) is 22.0. The van der Waals surface area contributed by atoms with Gasteiger partial charge in [-0.3, -0.25) is 4.79 Å². The van der Waals surface area contributed by atoms with E-state index in [4.69, 9.17) is 16.7 Å². The molecule has 0 saturated heterocycles. The molecule has 8 nitrogen and oxygen atoms in total. The van der Waals surface area contributed by atoms with Crippen molar-refractivity contribution in [3.8, 4) is 16.9 Å². The van der Waals surface area contributed by atoms with Crippen LogP contribution in [0.3, 0.4) is 0 Å². The third-order valence-electron chi connectivity index (χ3n) is 7.33. The van der Waals surface area contributed by atoms with E-state index >= 15 is 0 Å². The molecule has 1 unspecified atom stereocenters. The maximum absolute atomic E-state index is 14.9. The topological polar surface area (TPSA) is 123 Å². The van der Waals surface area contributed by atoms with Gasteiger partial charge in [0.2, 0.25) is 11.6 Å². The van der Waals surface area contributed by atoms with Gasteiger partial charge in [0.15, 0.2) is 12.0 Å². The highest BCUT2D eigenvalue weighted by Crippen LogP contribution is 2.39. The molecule has 1 saturated carbocycles. The first-order valence-electron chi connectivity index (χ1n) is 12.9. The molecule has 4 rings (SSSR count). The summed E-state index contributed by atoms with van der Waals surface area (Å²) in [5.41, 5.74) is -0.936. The highest BCUT2D eigenvalue weighted by molar-refractivity contribution is 6.31. The van der Waals surface area contributed by atoms with Crippen LogP contribution in [0.5, 0.6) is 5.75 Å². The Labute approximate surface area is 238 Å². The number of amides is 1. The van der Waals surface area contributed by atoms with Crippen LogP contribution in [0.4, 0.5) is 18.9 Å². The van der Waals surface area contributed by atoms with Crippen molar-refractivity contribution in [2.24, 2.45) is 5.92 Å². The summed E-state index contributed by atoms with van der Waals surface area (Å²) in [5, 5.41) is 35.1. The fourth-order valence-corrected chi connectivity index (χ4v) is 5.22. The van der Waals surface area contributed by atoms with E-state index in [9.17, 15) is 33.1 Å². The first kappa shape index (κ1) is 30.1. The Kier molecular flexibility index (Phi) is 9.08. The number of carbonyl (C=O) groups excluding carboxylic acids is 1. The van der Waals surface area contributed by atoms with Crippen LogP contribution in [0.15, 0.2) is 54.7 Å². The SMILES string of the molecule is C[C@]1(O)CC[C@@H](CC(C(=O)Nc2ccc(C(=O)O)cc2)c2ccc(-c3c(OC(F)F)ccc(Cl)c3F)c[n+]2[O-])CC1. The van der Waals surface area contributed by atoms with E-state index in [1.807, 2.05) is 0 Å². The molecule has 1 aliphatic rings.